The van der Waals surface area contributed by atoms with Crippen LogP contribution in [0.25, 0.3) is 0 Å². The highest BCUT2D eigenvalue weighted by atomic mass is 32.2. The number of thiocarbonyl (C=S) groups is 1. The fraction of sp³-hybridized carbons (Fsp3) is 0.550. The van der Waals surface area contributed by atoms with E-state index in [1.54, 1.807) is 17.0 Å². The van der Waals surface area contributed by atoms with Crippen LogP contribution >= 0.6 is 24.0 Å². The molecule has 0 aromatic carbocycles. The molecule has 1 aromatic rings. The predicted octanol–water partition coefficient (Wildman–Crippen LogP) is -0.796. The minimum absolute atomic E-state index is 0.0397. The Morgan fingerprint density at radius 2 is 1.56 bits per heavy atom. The average molecular weight is 520 g/mol. The Morgan fingerprint density at radius 1 is 1.00 bits per heavy atom. The van der Waals surface area contributed by atoms with Gasteiger partial charge in [0.05, 0.1) is 0 Å². The van der Waals surface area contributed by atoms with E-state index in [-0.39, 0.29) is 54.3 Å². The summed E-state index contributed by atoms with van der Waals surface area (Å²) in [5.74, 6) is -3.82. The maximum absolute atomic E-state index is 11.2. The summed E-state index contributed by atoms with van der Waals surface area (Å²) in [6.45, 7) is 0.157. The van der Waals surface area contributed by atoms with Crippen molar-refractivity contribution in [2.24, 2.45) is 17.2 Å². The van der Waals surface area contributed by atoms with Gasteiger partial charge < -0.3 is 42.4 Å². The van der Waals surface area contributed by atoms with Crippen LogP contribution in [0.5, 0.6) is 5.75 Å². The van der Waals surface area contributed by atoms with Gasteiger partial charge in [-0.25, -0.2) is 0 Å². The van der Waals surface area contributed by atoms with Crippen LogP contribution in [0.2, 0.25) is 0 Å². The van der Waals surface area contributed by atoms with E-state index < -0.39 is 42.1 Å². The lowest BCUT2D eigenvalue weighted by atomic mass is 9.96. The number of ether oxygens (including phenoxy) is 1. The van der Waals surface area contributed by atoms with Gasteiger partial charge in [0.2, 0.25) is 10.6 Å². The van der Waals surface area contributed by atoms with E-state index in [1.165, 1.54) is 18.0 Å². The fourth-order valence-corrected chi connectivity index (χ4v) is 3.48. The van der Waals surface area contributed by atoms with Crippen molar-refractivity contribution in [3.05, 3.63) is 23.5 Å². The van der Waals surface area contributed by atoms with Crippen molar-refractivity contribution in [2.45, 2.75) is 62.9 Å². The fourth-order valence-electron chi connectivity index (χ4n) is 3.11. The Hall–Kier alpha value is -2.52. The number of aromatic nitrogens is 1. The zero-order chi connectivity index (χ0) is 26.0. The quantitative estimate of drug-likeness (QED) is 0.118. The zero-order valence-electron chi connectivity index (χ0n) is 18.6. The van der Waals surface area contributed by atoms with Gasteiger partial charge in [-0.3, -0.25) is 14.4 Å². The van der Waals surface area contributed by atoms with Gasteiger partial charge in [0.1, 0.15) is 18.1 Å². The van der Waals surface area contributed by atoms with E-state index in [4.69, 9.17) is 49.5 Å². The molecule has 0 saturated heterocycles. The van der Waals surface area contributed by atoms with Crippen molar-refractivity contribution in [1.82, 2.24) is 0 Å². The maximum Gasteiger partial charge on any atom is 0.320 e. The van der Waals surface area contributed by atoms with Gasteiger partial charge in [-0.05, 0) is 44.2 Å². The van der Waals surface area contributed by atoms with E-state index in [0.717, 1.165) is 0 Å². The minimum atomic E-state index is -1.28. The summed E-state index contributed by atoms with van der Waals surface area (Å²) >= 11 is 6.31. The lowest BCUT2D eigenvalue weighted by Crippen LogP contribution is -2.43. The van der Waals surface area contributed by atoms with Crippen LogP contribution in [0.4, 0.5) is 0 Å². The summed E-state index contributed by atoms with van der Waals surface area (Å²) in [4.78, 5) is 33.4. The Kier molecular flexibility index (Phi) is 12.2. The van der Waals surface area contributed by atoms with Crippen LogP contribution in [0.1, 0.15) is 30.4 Å². The van der Waals surface area contributed by atoms with Gasteiger partial charge >= 0.3 is 17.9 Å². The van der Waals surface area contributed by atoms with Crippen LogP contribution in [-0.2, 0) is 38.5 Å². The molecule has 4 unspecified atom stereocenters. The molecule has 4 atom stereocenters. The minimum Gasteiger partial charge on any atom is -0.503 e. The summed E-state index contributed by atoms with van der Waals surface area (Å²) in [7, 11) is 0. The Labute approximate surface area is 206 Å². The molecule has 0 spiro atoms. The van der Waals surface area contributed by atoms with Gasteiger partial charge in [0.25, 0.3) is 0 Å². The Balaban J connectivity index is 3.23. The second-order valence-corrected chi connectivity index (χ2v) is 9.10. The lowest BCUT2D eigenvalue weighted by Gasteiger charge is -2.18. The number of nitrogens with zero attached hydrogens (tertiary/aromatic N) is 1. The van der Waals surface area contributed by atoms with E-state index in [1.807, 2.05) is 0 Å². The molecule has 0 bridgehead atoms. The molecule has 14 heteroatoms. The first kappa shape index (κ1) is 29.5. The number of pyridine rings is 1. The summed E-state index contributed by atoms with van der Waals surface area (Å²) in [5.41, 5.74) is 17.6. The molecular weight excluding hydrogens is 488 g/mol. The lowest BCUT2D eigenvalue weighted by molar-refractivity contribution is -0.703. The number of carboxylic acid groups (broad SMARTS) is 3. The van der Waals surface area contributed by atoms with Crippen molar-refractivity contribution in [3.63, 3.8) is 0 Å². The predicted molar refractivity (Wildman–Crippen MR) is 127 cm³/mol. The molecule has 0 fully saturated rings. The van der Waals surface area contributed by atoms with Gasteiger partial charge in [0.15, 0.2) is 24.6 Å². The molecule has 10 N–H and O–H groups in total. The second kappa shape index (κ2) is 14.0. The molecule has 34 heavy (non-hydrogen) atoms. The number of thioether (sulfide) groups is 1. The topological polar surface area (TPSA) is 223 Å². The van der Waals surface area contributed by atoms with Crippen LogP contribution in [-0.4, -0.2) is 73.2 Å². The Morgan fingerprint density at radius 3 is 2.09 bits per heavy atom. The number of aromatic hydroxyl groups is 1. The van der Waals surface area contributed by atoms with Crippen LogP contribution < -0.4 is 21.8 Å². The number of carboxylic acids is 3. The van der Waals surface area contributed by atoms with Gasteiger partial charge in [0, 0.05) is 17.5 Å². The summed E-state index contributed by atoms with van der Waals surface area (Å²) in [6.07, 6.45) is 4.52. The summed E-state index contributed by atoms with van der Waals surface area (Å²) in [5, 5.41) is 37.9. The van der Waals surface area contributed by atoms with E-state index in [2.05, 4.69) is 0 Å². The van der Waals surface area contributed by atoms with Gasteiger partial charge in [-0.15, -0.1) is 0 Å². The molecule has 0 aliphatic rings. The summed E-state index contributed by atoms with van der Waals surface area (Å²) < 4.78 is 7.54. The average Bonchev–Trinajstić information content (AvgIpc) is 2.76. The Bertz CT molecular complexity index is 902. The third kappa shape index (κ3) is 9.77. The van der Waals surface area contributed by atoms with E-state index in [0.29, 0.717) is 5.56 Å². The SMILES string of the molecule is CSC(=S)OC(CCC(N)C(=O)O)C[n+]1cc(O)c(CC(N)C(=O)O)c(CCC(N)C(=O)O)c1. The van der Waals surface area contributed by atoms with Gasteiger partial charge in [-0.1, -0.05) is 11.8 Å². The molecule has 12 nitrogen and oxygen atoms in total. The third-order valence-electron chi connectivity index (χ3n) is 5.05. The number of nitrogens with two attached hydrogens (primary N) is 3. The van der Waals surface area contributed by atoms with E-state index in [9.17, 15) is 19.5 Å². The monoisotopic (exact) mass is 519 g/mol. The van der Waals surface area contributed by atoms with Crippen molar-refractivity contribution in [1.29, 1.82) is 0 Å². The smallest absolute Gasteiger partial charge is 0.320 e. The highest BCUT2D eigenvalue weighted by Gasteiger charge is 2.26. The molecule has 1 rings (SSSR count). The number of aryl methyl sites for hydroxylation is 1. The molecule has 190 valence electrons. The molecule has 0 aliphatic heterocycles. The van der Waals surface area contributed by atoms with Crippen molar-refractivity contribution >= 4 is 46.3 Å². The maximum atomic E-state index is 11.2. The highest BCUT2D eigenvalue weighted by Crippen LogP contribution is 2.23. The first-order valence-electron chi connectivity index (χ1n) is 10.3. The third-order valence-corrected chi connectivity index (χ3v) is 6.08. The number of aliphatic carboxylic acids is 3. The van der Waals surface area contributed by atoms with Crippen LogP contribution in [0.3, 0.4) is 0 Å². The molecule has 1 heterocycles. The molecule has 0 amide bonds. The number of rotatable bonds is 14. The molecule has 0 aliphatic carbocycles. The van der Waals surface area contributed by atoms with Gasteiger partial charge in [-0.2, -0.15) is 4.57 Å². The number of hydrogen-bond donors (Lipinski definition) is 7. The van der Waals surface area contributed by atoms with Crippen molar-refractivity contribution in [3.8, 4) is 5.75 Å². The normalized spacial score (nSPS) is 14.6. The summed E-state index contributed by atoms with van der Waals surface area (Å²) in [6, 6.07) is -3.51. The molecular formula is C20H31N4O8S2+. The standard InChI is InChI=1S/C20H30N4O8S2/c1-34-20(33)32-11(3-5-14(22)18(28)29)8-24-7-10(2-4-13(21)17(26)27)12(16(25)9-24)6-15(23)19(30)31/h7,9,11,13-15H,2-6,8,21-23H2,1H3,(H3-,25,26,27,28,29,30,31)/p+1. The van der Waals surface area contributed by atoms with Crippen molar-refractivity contribution in [2.75, 3.05) is 6.26 Å². The van der Waals surface area contributed by atoms with Crippen LogP contribution in [0, 0.1) is 0 Å². The van der Waals surface area contributed by atoms with Crippen LogP contribution in [0.15, 0.2) is 12.4 Å². The molecule has 0 saturated carbocycles. The van der Waals surface area contributed by atoms with E-state index >= 15 is 0 Å². The highest BCUT2D eigenvalue weighted by molar-refractivity contribution is 8.22. The molecule has 1 aromatic heterocycles. The second-order valence-electron chi connectivity index (χ2n) is 7.69. The largest absolute Gasteiger partial charge is 0.503 e. The zero-order valence-corrected chi connectivity index (χ0v) is 20.3. The van der Waals surface area contributed by atoms with Crippen molar-refractivity contribution < 1.29 is 44.1 Å². The number of hydrogen-bond acceptors (Lipinski definition) is 10. The first-order valence-corrected chi connectivity index (χ1v) is 11.9. The molecule has 0 radical (unpaired) electrons. The first-order chi connectivity index (χ1) is 15.8. The number of carbonyl (C=O) groups is 3.